The van der Waals surface area contributed by atoms with Gasteiger partial charge < -0.3 is 9.84 Å². The van der Waals surface area contributed by atoms with Crippen LogP contribution in [0, 0.1) is 11.7 Å². The van der Waals surface area contributed by atoms with Crippen LogP contribution in [0.2, 0.25) is 0 Å². The average Bonchev–Trinajstić information content (AvgIpc) is 3.02. The van der Waals surface area contributed by atoms with E-state index >= 15 is 0 Å². The molecule has 86 valence electrons. The van der Waals surface area contributed by atoms with Gasteiger partial charge in [0.05, 0.1) is 13.0 Å². The topological polar surface area (TPSA) is 46.5 Å². The van der Waals surface area contributed by atoms with Gasteiger partial charge in [0.1, 0.15) is 11.6 Å². The van der Waals surface area contributed by atoms with E-state index in [1.807, 2.05) is 0 Å². The summed E-state index contributed by atoms with van der Waals surface area (Å²) >= 11 is 0. The fraction of sp³-hybridized carbons (Fsp3) is 0.417. The summed E-state index contributed by atoms with van der Waals surface area (Å²) in [5, 5.41) is 9.17. The van der Waals surface area contributed by atoms with Gasteiger partial charge in [-0.05, 0) is 37.0 Å². The summed E-state index contributed by atoms with van der Waals surface area (Å²) < 4.78 is 18.2. The van der Waals surface area contributed by atoms with Crippen LogP contribution >= 0.6 is 0 Å². The SMILES string of the molecule is COc1ccc(F)cc1C(C(=O)O)C1CC1. The summed E-state index contributed by atoms with van der Waals surface area (Å²) in [4.78, 5) is 11.2. The Bertz CT molecular complexity index is 413. The van der Waals surface area contributed by atoms with E-state index in [1.54, 1.807) is 0 Å². The second-order valence-electron chi connectivity index (χ2n) is 4.04. The molecule has 0 aromatic heterocycles. The first kappa shape index (κ1) is 10.9. The highest BCUT2D eigenvalue weighted by Crippen LogP contribution is 2.45. The van der Waals surface area contributed by atoms with E-state index in [4.69, 9.17) is 9.84 Å². The van der Waals surface area contributed by atoms with Crippen molar-refractivity contribution in [3.63, 3.8) is 0 Å². The summed E-state index contributed by atoms with van der Waals surface area (Å²) in [6.45, 7) is 0. The maximum Gasteiger partial charge on any atom is 0.311 e. The molecule has 1 aliphatic carbocycles. The van der Waals surface area contributed by atoms with Gasteiger partial charge >= 0.3 is 5.97 Å². The Hall–Kier alpha value is -1.58. The van der Waals surface area contributed by atoms with Gasteiger partial charge in [-0.3, -0.25) is 4.79 Å². The Morgan fingerprint density at radius 1 is 1.56 bits per heavy atom. The van der Waals surface area contributed by atoms with E-state index in [0.717, 1.165) is 12.8 Å². The first-order valence-corrected chi connectivity index (χ1v) is 5.19. The Labute approximate surface area is 92.9 Å². The number of rotatable bonds is 4. The predicted molar refractivity (Wildman–Crippen MR) is 56.1 cm³/mol. The fourth-order valence-corrected chi connectivity index (χ4v) is 1.97. The number of carbonyl (C=O) groups is 1. The zero-order chi connectivity index (χ0) is 11.7. The zero-order valence-electron chi connectivity index (χ0n) is 8.94. The second kappa shape index (κ2) is 4.12. The van der Waals surface area contributed by atoms with Gasteiger partial charge in [0.2, 0.25) is 0 Å². The maximum atomic E-state index is 13.1. The summed E-state index contributed by atoms with van der Waals surface area (Å²) in [6, 6.07) is 4.01. The molecule has 1 saturated carbocycles. The minimum absolute atomic E-state index is 0.119. The summed E-state index contributed by atoms with van der Waals surface area (Å²) in [5.41, 5.74) is 0.442. The molecule has 0 heterocycles. The van der Waals surface area contributed by atoms with Crippen LogP contribution in [-0.4, -0.2) is 18.2 Å². The summed E-state index contributed by atoms with van der Waals surface area (Å²) in [6.07, 6.45) is 1.77. The van der Waals surface area contributed by atoms with Crippen LogP contribution in [0.1, 0.15) is 24.3 Å². The van der Waals surface area contributed by atoms with Crippen molar-refractivity contribution in [3.05, 3.63) is 29.6 Å². The lowest BCUT2D eigenvalue weighted by Crippen LogP contribution is -2.15. The van der Waals surface area contributed by atoms with Gasteiger partial charge in [0.15, 0.2) is 0 Å². The van der Waals surface area contributed by atoms with Crippen molar-refractivity contribution in [2.75, 3.05) is 7.11 Å². The molecule has 3 nitrogen and oxygen atoms in total. The van der Waals surface area contributed by atoms with Crippen LogP contribution in [0.15, 0.2) is 18.2 Å². The number of methoxy groups -OCH3 is 1. The van der Waals surface area contributed by atoms with Gasteiger partial charge in [0.25, 0.3) is 0 Å². The molecule has 0 spiro atoms. The summed E-state index contributed by atoms with van der Waals surface area (Å²) in [5.74, 6) is -1.42. The predicted octanol–water partition coefficient (Wildman–Crippen LogP) is 2.41. The van der Waals surface area contributed by atoms with E-state index in [1.165, 1.54) is 25.3 Å². The van der Waals surface area contributed by atoms with Crippen molar-refractivity contribution >= 4 is 5.97 Å². The minimum atomic E-state index is -0.911. The van der Waals surface area contributed by atoms with Crippen LogP contribution in [0.4, 0.5) is 4.39 Å². The number of aliphatic carboxylic acids is 1. The van der Waals surface area contributed by atoms with Crippen molar-refractivity contribution in [3.8, 4) is 5.75 Å². The molecule has 0 amide bonds. The molecule has 1 N–H and O–H groups in total. The van der Waals surface area contributed by atoms with Crippen LogP contribution in [0.3, 0.4) is 0 Å². The number of hydrogen-bond donors (Lipinski definition) is 1. The molecule has 1 aliphatic rings. The lowest BCUT2D eigenvalue weighted by Gasteiger charge is -2.15. The van der Waals surface area contributed by atoms with Gasteiger partial charge in [0, 0.05) is 5.56 Å². The van der Waals surface area contributed by atoms with E-state index in [-0.39, 0.29) is 5.92 Å². The standard InChI is InChI=1S/C12H13FO3/c1-16-10-5-4-8(13)6-9(10)11(12(14)15)7-2-3-7/h4-7,11H,2-3H2,1H3,(H,14,15). The van der Waals surface area contributed by atoms with Crippen LogP contribution in [0.25, 0.3) is 0 Å². The van der Waals surface area contributed by atoms with Gasteiger partial charge in [-0.25, -0.2) is 4.39 Å². The molecule has 0 aliphatic heterocycles. The van der Waals surface area contributed by atoms with Crippen molar-refractivity contribution in [2.45, 2.75) is 18.8 Å². The number of ether oxygens (including phenoxy) is 1. The van der Waals surface area contributed by atoms with Crippen molar-refractivity contribution in [1.82, 2.24) is 0 Å². The van der Waals surface area contributed by atoms with Crippen LogP contribution < -0.4 is 4.74 Å². The van der Waals surface area contributed by atoms with E-state index in [0.29, 0.717) is 11.3 Å². The number of carboxylic acid groups (broad SMARTS) is 1. The third kappa shape index (κ3) is 2.01. The molecule has 0 saturated heterocycles. The quantitative estimate of drug-likeness (QED) is 0.854. The largest absolute Gasteiger partial charge is 0.496 e. The Kier molecular flexibility index (Phi) is 2.81. The molecule has 0 bridgehead atoms. The first-order valence-electron chi connectivity index (χ1n) is 5.19. The molecule has 2 rings (SSSR count). The maximum absolute atomic E-state index is 13.1. The van der Waals surface area contributed by atoms with Crippen molar-refractivity contribution < 1.29 is 19.0 Å². The number of hydrogen-bond acceptors (Lipinski definition) is 2. The van der Waals surface area contributed by atoms with Gasteiger partial charge in [-0.1, -0.05) is 0 Å². The normalized spacial score (nSPS) is 16.9. The van der Waals surface area contributed by atoms with Crippen molar-refractivity contribution in [1.29, 1.82) is 0 Å². The number of benzene rings is 1. The Morgan fingerprint density at radius 2 is 2.25 bits per heavy atom. The highest BCUT2D eigenvalue weighted by atomic mass is 19.1. The fourth-order valence-electron chi connectivity index (χ4n) is 1.97. The molecule has 1 fully saturated rings. The lowest BCUT2D eigenvalue weighted by molar-refractivity contribution is -0.139. The molecule has 1 aromatic carbocycles. The highest BCUT2D eigenvalue weighted by Gasteiger charge is 2.39. The number of halogens is 1. The minimum Gasteiger partial charge on any atom is -0.496 e. The zero-order valence-corrected chi connectivity index (χ0v) is 8.94. The monoisotopic (exact) mass is 224 g/mol. The molecule has 1 aromatic rings. The molecule has 4 heteroatoms. The number of carboxylic acids is 1. The highest BCUT2D eigenvalue weighted by molar-refractivity contribution is 5.78. The van der Waals surface area contributed by atoms with Crippen LogP contribution in [-0.2, 0) is 4.79 Å². The van der Waals surface area contributed by atoms with E-state index < -0.39 is 17.7 Å². The van der Waals surface area contributed by atoms with E-state index in [2.05, 4.69) is 0 Å². The Morgan fingerprint density at radius 3 is 2.75 bits per heavy atom. The van der Waals surface area contributed by atoms with Crippen LogP contribution in [0.5, 0.6) is 5.75 Å². The molecule has 0 radical (unpaired) electrons. The third-order valence-corrected chi connectivity index (χ3v) is 2.89. The lowest BCUT2D eigenvalue weighted by atomic mass is 9.93. The van der Waals surface area contributed by atoms with Gasteiger partial charge in [-0.2, -0.15) is 0 Å². The summed E-state index contributed by atoms with van der Waals surface area (Å²) in [7, 11) is 1.46. The molecule has 1 unspecified atom stereocenters. The van der Waals surface area contributed by atoms with Gasteiger partial charge in [-0.15, -0.1) is 0 Å². The van der Waals surface area contributed by atoms with Crippen molar-refractivity contribution in [2.24, 2.45) is 5.92 Å². The Balaban J connectivity index is 2.42. The van der Waals surface area contributed by atoms with E-state index in [9.17, 15) is 9.18 Å². The molecule has 16 heavy (non-hydrogen) atoms. The second-order valence-corrected chi connectivity index (χ2v) is 4.04. The molecular formula is C12H13FO3. The molecular weight excluding hydrogens is 211 g/mol. The smallest absolute Gasteiger partial charge is 0.311 e. The first-order chi connectivity index (χ1) is 7.63. The average molecular weight is 224 g/mol. The molecule has 1 atom stereocenters. The third-order valence-electron chi connectivity index (χ3n) is 2.89.